The van der Waals surface area contributed by atoms with E-state index in [4.69, 9.17) is 0 Å². The van der Waals surface area contributed by atoms with E-state index in [1.807, 2.05) is 51.5 Å². The van der Waals surface area contributed by atoms with Gasteiger partial charge < -0.3 is 5.32 Å². The number of hydrogen-bond acceptors (Lipinski definition) is 5. The molecular weight excluding hydrogens is 352 g/mol. The van der Waals surface area contributed by atoms with E-state index >= 15 is 0 Å². The number of aryl methyl sites for hydroxylation is 1. The van der Waals surface area contributed by atoms with Crippen molar-refractivity contribution in [1.82, 2.24) is 14.7 Å². The molecule has 2 rings (SSSR count). The zero-order valence-corrected chi connectivity index (χ0v) is 16.4. The molecule has 0 fully saturated rings. The highest BCUT2D eigenvalue weighted by Crippen LogP contribution is 2.33. The van der Waals surface area contributed by atoms with Crippen LogP contribution in [0.3, 0.4) is 0 Å². The minimum atomic E-state index is -4.07. The number of aromatic nitrogens is 2. The standard InChI is InChI=1S/C18H24N4O3S/c1-11(2)14-8-13(5)9-15(12(3)4)17(14)21-18(23)22-26(24,25)16-6-7-19-10-20-16/h6-12H,1-5H3,(H2,21,22,23). The quantitative estimate of drug-likeness (QED) is 0.777. The molecule has 0 aliphatic heterocycles. The molecule has 1 aromatic heterocycles. The van der Waals surface area contributed by atoms with Gasteiger partial charge in [-0.25, -0.2) is 19.5 Å². The molecule has 1 heterocycles. The van der Waals surface area contributed by atoms with Gasteiger partial charge in [-0.3, -0.25) is 0 Å². The SMILES string of the molecule is Cc1cc(C(C)C)c(NC(=O)NS(=O)(=O)c2ccncn2)c(C(C)C)c1. The van der Waals surface area contributed by atoms with Gasteiger partial charge in [-0.15, -0.1) is 0 Å². The number of anilines is 1. The van der Waals surface area contributed by atoms with Crippen LogP contribution in [0.4, 0.5) is 10.5 Å². The summed E-state index contributed by atoms with van der Waals surface area (Å²) in [4.78, 5) is 19.7. The first-order valence-electron chi connectivity index (χ1n) is 8.36. The van der Waals surface area contributed by atoms with E-state index in [0.717, 1.165) is 23.0 Å². The first-order chi connectivity index (χ1) is 12.1. The van der Waals surface area contributed by atoms with E-state index in [1.54, 1.807) is 0 Å². The molecule has 0 radical (unpaired) electrons. The number of carbonyl (C=O) groups is 1. The lowest BCUT2D eigenvalue weighted by atomic mass is 9.90. The van der Waals surface area contributed by atoms with Crippen LogP contribution in [0, 0.1) is 6.92 Å². The Kier molecular flexibility index (Phi) is 5.97. The molecule has 0 saturated carbocycles. The summed E-state index contributed by atoms with van der Waals surface area (Å²) in [5.41, 5.74) is 3.67. The van der Waals surface area contributed by atoms with Crippen molar-refractivity contribution in [2.24, 2.45) is 0 Å². The molecule has 26 heavy (non-hydrogen) atoms. The van der Waals surface area contributed by atoms with Crippen LogP contribution in [-0.4, -0.2) is 24.4 Å². The van der Waals surface area contributed by atoms with Gasteiger partial charge in [0.15, 0.2) is 5.03 Å². The molecule has 0 bridgehead atoms. The van der Waals surface area contributed by atoms with Crippen molar-refractivity contribution in [1.29, 1.82) is 0 Å². The molecular formula is C18H24N4O3S. The maximum atomic E-state index is 12.4. The molecule has 8 heteroatoms. The summed E-state index contributed by atoms with van der Waals surface area (Å²) < 4.78 is 26.5. The normalized spacial score (nSPS) is 11.7. The monoisotopic (exact) mass is 376 g/mol. The Morgan fingerprint density at radius 1 is 1.08 bits per heavy atom. The number of benzene rings is 1. The van der Waals surface area contributed by atoms with Crippen LogP contribution in [-0.2, 0) is 10.0 Å². The highest BCUT2D eigenvalue weighted by molar-refractivity contribution is 7.90. The summed E-state index contributed by atoms with van der Waals surface area (Å²) in [5.74, 6) is 0.336. The lowest BCUT2D eigenvalue weighted by Gasteiger charge is -2.21. The van der Waals surface area contributed by atoms with Gasteiger partial charge in [0.05, 0.1) is 0 Å². The highest BCUT2D eigenvalue weighted by Gasteiger charge is 2.22. The topological polar surface area (TPSA) is 101 Å². The number of rotatable bonds is 5. The van der Waals surface area contributed by atoms with Crippen LogP contribution in [0.5, 0.6) is 0 Å². The molecule has 7 nitrogen and oxygen atoms in total. The number of urea groups is 1. The second kappa shape index (κ2) is 7.82. The smallest absolute Gasteiger partial charge is 0.307 e. The summed E-state index contributed by atoms with van der Waals surface area (Å²) in [5, 5.41) is 2.46. The van der Waals surface area contributed by atoms with Crippen molar-refractivity contribution in [3.8, 4) is 0 Å². The van der Waals surface area contributed by atoms with Gasteiger partial charge in [0.25, 0.3) is 10.0 Å². The molecule has 0 aliphatic carbocycles. The van der Waals surface area contributed by atoms with Crippen LogP contribution < -0.4 is 10.0 Å². The summed E-state index contributed by atoms with van der Waals surface area (Å²) in [6.45, 7) is 10.1. The molecule has 2 amide bonds. The Morgan fingerprint density at radius 2 is 1.65 bits per heavy atom. The summed E-state index contributed by atoms with van der Waals surface area (Å²) in [7, 11) is -4.07. The number of nitrogens with one attached hydrogen (secondary N) is 2. The number of sulfonamides is 1. The average Bonchev–Trinajstić information content (AvgIpc) is 2.56. The largest absolute Gasteiger partial charge is 0.333 e. The average molecular weight is 376 g/mol. The van der Waals surface area contributed by atoms with E-state index in [9.17, 15) is 13.2 Å². The lowest BCUT2D eigenvalue weighted by molar-refractivity contribution is 0.256. The minimum absolute atomic E-state index is 0.168. The number of nitrogens with zero attached hydrogens (tertiary/aromatic N) is 2. The molecule has 140 valence electrons. The van der Waals surface area contributed by atoms with Gasteiger partial charge in [-0.2, -0.15) is 8.42 Å². The van der Waals surface area contributed by atoms with Gasteiger partial charge in [-0.1, -0.05) is 45.4 Å². The van der Waals surface area contributed by atoms with E-state index in [2.05, 4.69) is 15.3 Å². The summed E-state index contributed by atoms with van der Waals surface area (Å²) in [6, 6.07) is 4.41. The number of carbonyl (C=O) groups excluding carboxylic acids is 1. The van der Waals surface area contributed by atoms with Crippen molar-refractivity contribution in [3.05, 3.63) is 47.4 Å². The van der Waals surface area contributed by atoms with Crippen molar-refractivity contribution < 1.29 is 13.2 Å². The fourth-order valence-electron chi connectivity index (χ4n) is 2.65. The van der Waals surface area contributed by atoms with Gasteiger partial charge in [0.1, 0.15) is 6.33 Å². The molecule has 2 aromatic rings. The van der Waals surface area contributed by atoms with E-state index in [-0.39, 0.29) is 16.9 Å². The molecule has 1 aromatic carbocycles. The molecule has 0 aliphatic rings. The Balaban J connectivity index is 2.34. The molecule has 0 unspecified atom stereocenters. The molecule has 0 atom stereocenters. The third-order valence-corrected chi connectivity index (χ3v) is 5.13. The number of hydrogen-bond donors (Lipinski definition) is 2. The van der Waals surface area contributed by atoms with Crippen LogP contribution >= 0.6 is 0 Å². The lowest BCUT2D eigenvalue weighted by Crippen LogP contribution is -2.35. The van der Waals surface area contributed by atoms with Crippen molar-refractivity contribution in [2.75, 3.05) is 5.32 Å². The predicted molar refractivity (Wildman–Crippen MR) is 101 cm³/mol. The predicted octanol–water partition coefficient (Wildman–Crippen LogP) is 3.54. The second-order valence-electron chi connectivity index (χ2n) is 6.74. The first-order valence-corrected chi connectivity index (χ1v) is 9.84. The van der Waals surface area contributed by atoms with Crippen molar-refractivity contribution in [2.45, 2.75) is 51.5 Å². The molecule has 2 N–H and O–H groups in total. The Hall–Kier alpha value is -2.48. The summed E-state index contributed by atoms with van der Waals surface area (Å²) >= 11 is 0. The number of amides is 2. The Morgan fingerprint density at radius 3 is 2.12 bits per heavy atom. The van der Waals surface area contributed by atoms with Crippen LogP contribution in [0.25, 0.3) is 0 Å². The van der Waals surface area contributed by atoms with Gasteiger partial charge in [-0.05, 0) is 36.0 Å². The Bertz CT molecular complexity index is 865. The fraction of sp³-hybridized carbons (Fsp3) is 0.389. The zero-order valence-electron chi connectivity index (χ0n) is 15.6. The first kappa shape index (κ1) is 19.8. The molecule has 0 saturated heterocycles. The third-order valence-electron chi connectivity index (χ3n) is 3.88. The zero-order chi connectivity index (χ0) is 19.5. The van der Waals surface area contributed by atoms with Crippen LogP contribution in [0.15, 0.2) is 35.7 Å². The Labute approximate surface area is 154 Å². The van der Waals surface area contributed by atoms with Crippen LogP contribution in [0.1, 0.15) is 56.2 Å². The van der Waals surface area contributed by atoms with Gasteiger partial charge in [0.2, 0.25) is 0 Å². The van der Waals surface area contributed by atoms with Gasteiger partial charge in [0, 0.05) is 11.9 Å². The van der Waals surface area contributed by atoms with E-state index in [0.29, 0.717) is 5.69 Å². The van der Waals surface area contributed by atoms with E-state index in [1.165, 1.54) is 12.3 Å². The summed E-state index contributed by atoms with van der Waals surface area (Å²) in [6.07, 6.45) is 2.41. The van der Waals surface area contributed by atoms with Crippen LogP contribution in [0.2, 0.25) is 0 Å². The third kappa shape index (κ3) is 4.57. The van der Waals surface area contributed by atoms with E-state index < -0.39 is 16.1 Å². The maximum Gasteiger partial charge on any atom is 0.333 e. The fourth-order valence-corrected chi connectivity index (χ4v) is 3.47. The van der Waals surface area contributed by atoms with Crippen molar-refractivity contribution in [3.63, 3.8) is 0 Å². The second-order valence-corrected chi connectivity index (χ2v) is 8.36. The van der Waals surface area contributed by atoms with Crippen molar-refractivity contribution >= 4 is 21.7 Å². The highest BCUT2D eigenvalue weighted by atomic mass is 32.2. The maximum absolute atomic E-state index is 12.4. The van der Waals surface area contributed by atoms with Gasteiger partial charge >= 0.3 is 6.03 Å². The minimum Gasteiger partial charge on any atom is -0.307 e. The molecule has 0 spiro atoms.